The van der Waals surface area contributed by atoms with E-state index < -0.39 is 0 Å². The number of nitrogens with zero attached hydrogens (tertiary/aromatic N) is 1. The second kappa shape index (κ2) is 5.91. The van der Waals surface area contributed by atoms with E-state index in [2.05, 4.69) is 25.1 Å². The Labute approximate surface area is 114 Å². The van der Waals surface area contributed by atoms with Crippen LogP contribution in [0.1, 0.15) is 32.8 Å². The van der Waals surface area contributed by atoms with Crippen LogP contribution in [0, 0.1) is 0 Å². The molecule has 2 aromatic rings. The van der Waals surface area contributed by atoms with Gasteiger partial charge in [-0.15, -0.1) is 0 Å². The van der Waals surface area contributed by atoms with Crippen LogP contribution in [0.2, 0.25) is 0 Å². The highest BCUT2D eigenvalue weighted by Crippen LogP contribution is 2.18. The molecule has 19 heavy (non-hydrogen) atoms. The van der Waals surface area contributed by atoms with Gasteiger partial charge in [0.1, 0.15) is 6.54 Å². The van der Waals surface area contributed by atoms with Crippen LogP contribution in [0.5, 0.6) is 0 Å². The highest BCUT2D eigenvalue weighted by molar-refractivity contribution is 5.82. The van der Waals surface area contributed by atoms with Gasteiger partial charge in [-0.05, 0) is 48.9 Å². The van der Waals surface area contributed by atoms with Crippen LogP contribution in [0.3, 0.4) is 0 Å². The smallest absolute Gasteiger partial charge is 0.326 e. The van der Waals surface area contributed by atoms with Gasteiger partial charge in [0.05, 0.1) is 6.10 Å². The summed E-state index contributed by atoms with van der Waals surface area (Å²) >= 11 is 0. The number of ether oxygens (including phenoxy) is 1. The van der Waals surface area contributed by atoms with Crippen molar-refractivity contribution in [1.82, 2.24) is 4.57 Å². The molecular formula is C16H21NO2. The van der Waals surface area contributed by atoms with Crippen LogP contribution < -0.4 is 0 Å². The molecule has 1 heterocycles. The Hall–Kier alpha value is -1.77. The van der Waals surface area contributed by atoms with Crippen LogP contribution in [0.15, 0.2) is 30.5 Å². The number of aryl methyl sites for hydroxylation is 1. The Morgan fingerprint density at radius 2 is 2.11 bits per heavy atom. The quantitative estimate of drug-likeness (QED) is 0.769. The molecule has 3 heteroatoms. The summed E-state index contributed by atoms with van der Waals surface area (Å²) in [4.78, 5) is 11.8. The molecule has 0 bridgehead atoms. The molecule has 0 saturated heterocycles. The van der Waals surface area contributed by atoms with Crippen molar-refractivity contribution in [3.8, 4) is 0 Å². The number of carbonyl (C=O) groups excluding carboxylic acids is 1. The molecule has 1 atom stereocenters. The summed E-state index contributed by atoms with van der Waals surface area (Å²) in [7, 11) is 0. The van der Waals surface area contributed by atoms with Gasteiger partial charge in [-0.25, -0.2) is 0 Å². The summed E-state index contributed by atoms with van der Waals surface area (Å²) in [5, 5.41) is 1.18. The van der Waals surface area contributed by atoms with Crippen molar-refractivity contribution in [2.75, 3.05) is 0 Å². The van der Waals surface area contributed by atoms with Crippen molar-refractivity contribution in [3.63, 3.8) is 0 Å². The molecule has 102 valence electrons. The molecule has 0 aliphatic heterocycles. The molecule has 0 amide bonds. The minimum atomic E-state index is -0.175. The summed E-state index contributed by atoms with van der Waals surface area (Å²) < 4.78 is 7.25. The topological polar surface area (TPSA) is 31.2 Å². The van der Waals surface area contributed by atoms with Crippen molar-refractivity contribution < 1.29 is 9.53 Å². The van der Waals surface area contributed by atoms with Gasteiger partial charge in [-0.2, -0.15) is 0 Å². The molecule has 1 aromatic heterocycles. The summed E-state index contributed by atoms with van der Waals surface area (Å²) in [6.07, 6.45) is 3.80. The van der Waals surface area contributed by atoms with E-state index in [0.717, 1.165) is 18.4 Å². The van der Waals surface area contributed by atoms with Crippen LogP contribution in [-0.4, -0.2) is 16.6 Å². The number of rotatable bonds is 5. The normalized spacial score (nSPS) is 12.6. The van der Waals surface area contributed by atoms with E-state index in [1.807, 2.05) is 30.7 Å². The lowest BCUT2D eigenvalue weighted by atomic mass is 10.1. The molecule has 0 N–H and O–H groups in total. The molecular weight excluding hydrogens is 238 g/mol. The minimum Gasteiger partial charge on any atom is -0.461 e. The second-order valence-corrected chi connectivity index (χ2v) is 4.90. The summed E-state index contributed by atoms with van der Waals surface area (Å²) in [6, 6.07) is 8.40. The highest BCUT2D eigenvalue weighted by Gasteiger charge is 2.10. The number of aromatic nitrogens is 1. The van der Waals surface area contributed by atoms with Gasteiger partial charge in [0.15, 0.2) is 0 Å². The lowest BCUT2D eigenvalue weighted by Gasteiger charge is -2.11. The van der Waals surface area contributed by atoms with Gasteiger partial charge in [0, 0.05) is 11.7 Å². The fourth-order valence-corrected chi connectivity index (χ4v) is 2.09. The van der Waals surface area contributed by atoms with E-state index >= 15 is 0 Å². The van der Waals surface area contributed by atoms with Gasteiger partial charge in [-0.3, -0.25) is 4.79 Å². The fraction of sp³-hybridized carbons (Fsp3) is 0.438. The summed E-state index contributed by atoms with van der Waals surface area (Å²) in [5.74, 6) is -0.175. The molecule has 0 spiro atoms. The standard InChI is InChI=1S/C16H21NO2/c1-4-12(3)19-16(18)11-17-9-8-14-10-13(5-2)6-7-15(14)17/h6-10,12H,4-5,11H2,1-3H3. The van der Waals surface area contributed by atoms with E-state index in [-0.39, 0.29) is 18.6 Å². The Balaban J connectivity index is 2.15. The molecule has 0 fully saturated rings. The van der Waals surface area contributed by atoms with Gasteiger partial charge in [-0.1, -0.05) is 19.9 Å². The average Bonchev–Trinajstić information content (AvgIpc) is 2.80. The van der Waals surface area contributed by atoms with Gasteiger partial charge < -0.3 is 9.30 Å². The number of fused-ring (bicyclic) bond motifs is 1. The third kappa shape index (κ3) is 3.16. The maximum Gasteiger partial charge on any atom is 0.326 e. The molecule has 2 rings (SSSR count). The maximum atomic E-state index is 11.8. The highest BCUT2D eigenvalue weighted by atomic mass is 16.5. The van der Waals surface area contributed by atoms with Crippen molar-refractivity contribution >= 4 is 16.9 Å². The zero-order valence-electron chi connectivity index (χ0n) is 11.8. The van der Waals surface area contributed by atoms with Crippen molar-refractivity contribution in [2.24, 2.45) is 0 Å². The number of benzene rings is 1. The molecule has 0 aliphatic rings. The molecule has 0 radical (unpaired) electrons. The molecule has 3 nitrogen and oxygen atoms in total. The van der Waals surface area contributed by atoms with E-state index in [1.165, 1.54) is 10.9 Å². The fourth-order valence-electron chi connectivity index (χ4n) is 2.09. The summed E-state index contributed by atoms with van der Waals surface area (Å²) in [5.41, 5.74) is 2.39. The van der Waals surface area contributed by atoms with Gasteiger partial charge in [0.2, 0.25) is 0 Å². The predicted octanol–water partition coefficient (Wildman–Crippen LogP) is 3.55. The van der Waals surface area contributed by atoms with Gasteiger partial charge >= 0.3 is 5.97 Å². The zero-order valence-corrected chi connectivity index (χ0v) is 11.8. The molecule has 0 aliphatic carbocycles. The SMILES string of the molecule is CCc1ccc2c(ccn2CC(=O)OC(C)CC)c1. The first-order valence-electron chi connectivity index (χ1n) is 6.91. The Kier molecular flexibility index (Phi) is 4.25. The number of hydrogen-bond acceptors (Lipinski definition) is 2. The van der Waals surface area contributed by atoms with Crippen molar-refractivity contribution in [3.05, 3.63) is 36.0 Å². The van der Waals surface area contributed by atoms with E-state index in [1.54, 1.807) is 0 Å². The maximum absolute atomic E-state index is 11.8. The van der Waals surface area contributed by atoms with E-state index in [0.29, 0.717) is 0 Å². The number of hydrogen-bond donors (Lipinski definition) is 0. The Morgan fingerprint density at radius 1 is 1.32 bits per heavy atom. The van der Waals surface area contributed by atoms with Crippen LogP contribution in [-0.2, 0) is 22.5 Å². The summed E-state index contributed by atoms with van der Waals surface area (Å²) in [6.45, 7) is 6.34. The van der Waals surface area contributed by atoms with Crippen molar-refractivity contribution in [1.29, 1.82) is 0 Å². The van der Waals surface area contributed by atoms with E-state index in [9.17, 15) is 4.79 Å². The average molecular weight is 259 g/mol. The lowest BCUT2D eigenvalue weighted by Crippen LogP contribution is -2.18. The monoisotopic (exact) mass is 259 g/mol. The molecule has 0 saturated carbocycles. The Bertz CT molecular complexity index is 571. The zero-order chi connectivity index (χ0) is 13.8. The first-order chi connectivity index (χ1) is 9.13. The third-order valence-electron chi connectivity index (χ3n) is 3.45. The predicted molar refractivity (Wildman–Crippen MR) is 77.2 cm³/mol. The minimum absolute atomic E-state index is 0.0129. The number of carbonyl (C=O) groups is 1. The third-order valence-corrected chi connectivity index (χ3v) is 3.45. The first kappa shape index (κ1) is 13.7. The van der Waals surface area contributed by atoms with Crippen LogP contribution in [0.4, 0.5) is 0 Å². The molecule has 1 unspecified atom stereocenters. The first-order valence-corrected chi connectivity index (χ1v) is 6.91. The number of esters is 1. The molecule has 1 aromatic carbocycles. The second-order valence-electron chi connectivity index (χ2n) is 4.90. The van der Waals surface area contributed by atoms with E-state index in [4.69, 9.17) is 4.74 Å². The largest absolute Gasteiger partial charge is 0.461 e. The van der Waals surface area contributed by atoms with Crippen molar-refractivity contribution in [2.45, 2.75) is 46.3 Å². The van der Waals surface area contributed by atoms with Gasteiger partial charge in [0.25, 0.3) is 0 Å². The van der Waals surface area contributed by atoms with Crippen LogP contribution in [0.25, 0.3) is 10.9 Å². The van der Waals surface area contributed by atoms with Crippen LogP contribution >= 0.6 is 0 Å². The Morgan fingerprint density at radius 3 is 2.79 bits per heavy atom. The lowest BCUT2D eigenvalue weighted by molar-refractivity contribution is -0.148.